The van der Waals surface area contributed by atoms with Gasteiger partial charge in [0.05, 0.1) is 18.5 Å². The van der Waals surface area contributed by atoms with Crippen LogP contribution >= 0.6 is 11.3 Å². The molecule has 1 unspecified atom stereocenters. The summed E-state index contributed by atoms with van der Waals surface area (Å²) < 4.78 is 6.94. The van der Waals surface area contributed by atoms with Gasteiger partial charge in [0.1, 0.15) is 5.75 Å². The number of aromatic nitrogens is 3. The van der Waals surface area contributed by atoms with Crippen LogP contribution in [0.2, 0.25) is 0 Å². The minimum Gasteiger partial charge on any atom is -0.497 e. The van der Waals surface area contributed by atoms with E-state index in [4.69, 9.17) is 4.74 Å². The van der Waals surface area contributed by atoms with Crippen LogP contribution in [0.5, 0.6) is 5.75 Å². The van der Waals surface area contributed by atoms with E-state index in [1.807, 2.05) is 31.2 Å². The van der Waals surface area contributed by atoms with Crippen LogP contribution in [0.1, 0.15) is 33.9 Å². The van der Waals surface area contributed by atoms with E-state index in [2.05, 4.69) is 38.0 Å². The van der Waals surface area contributed by atoms with Crippen LogP contribution in [0.3, 0.4) is 0 Å². The predicted molar refractivity (Wildman–Crippen MR) is 117 cm³/mol. The van der Waals surface area contributed by atoms with Crippen molar-refractivity contribution in [1.29, 1.82) is 0 Å². The molecule has 1 atom stereocenters. The molecule has 158 valence electrons. The minimum atomic E-state index is -0.169. The summed E-state index contributed by atoms with van der Waals surface area (Å²) in [5, 5.41) is 13.5. The summed E-state index contributed by atoms with van der Waals surface area (Å²) in [6.07, 6.45) is 2.30. The highest BCUT2D eigenvalue weighted by Crippen LogP contribution is 2.21. The second-order valence-electron chi connectivity index (χ2n) is 7.67. The van der Waals surface area contributed by atoms with E-state index in [9.17, 15) is 4.79 Å². The molecule has 1 aliphatic rings. The van der Waals surface area contributed by atoms with E-state index < -0.39 is 0 Å². The molecule has 0 radical (unpaired) electrons. The van der Waals surface area contributed by atoms with E-state index in [1.54, 1.807) is 23.1 Å². The molecule has 1 saturated heterocycles. The van der Waals surface area contributed by atoms with Gasteiger partial charge in [-0.25, -0.2) is 4.68 Å². The van der Waals surface area contributed by atoms with Gasteiger partial charge in [0.2, 0.25) is 0 Å². The van der Waals surface area contributed by atoms with Crippen molar-refractivity contribution in [3.05, 3.63) is 58.0 Å². The Kier molecular flexibility index (Phi) is 6.44. The lowest BCUT2D eigenvalue weighted by atomic mass is 9.98. The van der Waals surface area contributed by atoms with Gasteiger partial charge < -0.3 is 10.1 Å². The summed E-state index contributed by atoms with van der Waals surface area (Å²) in [5.41, 5.74) is 1.89. The van der Waals surface area contributed by atoms with Crippen molar-refractivity contribution in [2.75, 3.05) is 26.7 Å². The monoisotopic (exact) mass is 425 g/mol. The molecule has 0 aliphatic carbocycles. The molecule has 0 saturated carbocycles. The number of methoxy groups -OCH3 is 1. The number of amides is 1. The molecule has 2 aromatic heterocycles. The van der Waals surface area contributed by atoms with E-state index in [1.165, 1.54) is 4.88 Å². The van der Waals surface area contributed by atoms with Gasteiger partial charge in [0.25, 0.3) is 5.91 Å². The Labute approximate surface area is 180 Å². The molecule has 0 spiro atoms. The lowest BCUT2D eigenvalue weighted by molar-refractivity contribution is 0.0925. The molecule has 7 nitrogen and oxygen atoms in total. The Morgan fingerprint density at radius 1 is 1.33 bits per heavy atom. The van der Waals surface area contributed by atoms with Gasteiger partial charge in [-0.15, -0.1) is 16.4 Å². The van der Waals surface area contributed by atoms with Crippen molar-refractivity contribution in [1.82, 2.24) is 25.2 Å². The molecule has 1 fully saturated rings. The Morgan fingerprint density at radius 2 is 2.23 bits per heavy atom. The maximum Gasteiger partial charge on any atom is 0.273 e. The normalized spacial score (nSPS) is 17.1. The molecular weight excluding hydrogens is 398 g/mol. The van der Waals surface area contributed by atoms with Crippen LogP contribution in [-0.2, 0) is 6.54 Å². The Balaban J connectivity index is 1.35. The van der Waals surface area contributed by atoms with Crippen molar-refractivity contribution >= 4 is 17.2 Å². The average Bonchev–Trinajstić information content (AvgIpc) is 3.42. The summed E-state index contributed by atoms with van der Waals surface area (Å²) in [5.74, 6) is 1.02. The number of thiophene rings is 1. The summed E-state index contributed by atoms with van der Waals surface area (Å²) in [6.45, 7) is 5.64. The van der Waals surface area contributed by atoms with E-state index in [0.717, 1.165) is 43.9 Å². The topological polar surface area (TPSA) is 72.3 Å². The highest BCUT2D eigenvalue weighted by molar-refractivity contribution is 7.09. The van der Waals surface area contributed by atoms with Gasteiger partial charge in [-0.2, -0.15) is 0 Å². The SMILES string of the molecule is COc1cccc(-n2nnc(C(=O)NCC3CCCN(Cc4cccs4)C3)c2C)c1. The van der Waals surface area contributed by atoms with Crippen LogP contribution in [0.25, 0.3) is 5.69 Å². The standard InChI is InChI=1S/C22H27N5O2S/c1-16-21(24-25-27(16)18-7-3-8-19(12-18)29-2)22(28)23-13-17-6-4-10-26(14-17)15-20-9-5-11-30-20/h3,5,7-9,11-12,17H,4,6,10,13-15H2,1-2H3,(H,23,28). The highest BCUT2D eigenvalue weighted by atomic mass is 32.1. The van der Waals surface area contributed by atoms with E-state index in [-0.39, 0.29) is 5.91 Å². The number of nitrogens with zero attached hydrogens (tertiary/aromatic N) is 4. The summed E-state index contributed by atoms with van der Waals surface area (Å²) in [4.78, 5) is 16.6. The van der Waals surface area contributed by atoms with Gasteiger partial charge in [0.15, 0.2) is 5.69 Å². The Morgan fingerprint density at radius 3 is 3.03 bits per heavy atom. The zero-order chi connectivity index (χ0) is 20.9. The van der Waals surface area contributed by atoms with Gasteiger partial charge in [0, 0.05) is 30.6 Å². The molecule has 3 heterocycles. The first-order chi connectivity index (χ1) is 14.6. The quantitative estimate of drug-likeness (QED) is 0.629. The summed E-state index contributed by atoms with van der Waals surface area (Å²) in [6, 6.07) is 11.8. The van der Waals surface area contributed by atoms with Gasteiger partial charge in [-0.1, -0.05) is 17.3 Å². The third-order valence-electron chi connectivity index (χ3n) is 5.52. The number of carbonyl (C=O) groups excluding carboxylic acids is 1. The number of benzene rings is 1. The molecule has 0 bridgehead atoms. The molecule has 1 aliphatic heterocycles. The highest BCUT2D eigenvalue weighted by Gasteiger charge is 2.23. The number of piperidine rings is 1. The van der Waals surface area contributed by atoms with Crippen molar-refractivity contribution < 1.29 is 9.53 Å². The molecule has 30 heavy (non-hydrogen) atoms. The maximum atomic E-state index is 12.8. The second kappa shape index (κ2) is 9.40. The van der Waals surface area contributed by atoms with Crippen molar-refractivity contribution in [3.8, 4) is 11.4 Å². The fourth-order valence-electron chi connectivity index (χ4n) is 3.93. The first-order valence-electron chi connectivity index (χ1n) is 10.2. The summed E-state index contributed by atoms with van der Waals surface area (Å²) >= 11 is 1.80. The van der Waals surface area contributed by atoms with Crippen molar-refractivity contribution in [2.45, 2.75) is 26.3 Å². The average molecular weight is 426 g/mol. The van der Waals surface area contributed by atoms with Crippen LogP contribution < -0.4 is 10.1 Å². The number of hydrogen-bond donors (Lipinski definition) is 1. The molecule has 8 heteroatoms. The maximum absolute atomic E-state index is 12.8. The molecule has 1 N–H and O–H groups in total. The van der Waals surface area contributed by atoms with Gasteiger partial charge in [-0.05, 0) is 55.8 Å². The number of ether oxygens (including phenoxy) is 1. The van der Waals surface area contributed by atoms with Crippen molar-refractivity contribution in [2.24, 2.45) is 5.92 Å². The van der Waals surface area contributed by atoms with Gasteiger partial charge >= 0.3 is 0 Å². The number of rotatable bonds is 7. The van der Waals surface area contributed by atoms with Crippen LogP contribution in [0.4, 0.5) is 0 Å². The zero-order valence-corrected chi connectivity index (χ0v) is 18.2. The zero-order valence-electron chi connectivity index (χ0n) is 17.4. The Bertz CT molecular complexity index is 985. The lowest BCUT2D eigenvalue weighted by Crippen LogP contribution is -2.40. The van der Waals surface area contributed by atoms with Gasteiger partial charge in [-0.3, -0.25) is 9.69 Å². The number of hydrogen-bond acceptors (Lipinski definition) is 6. The molecule has 3 aromatic rings. The van der Waals surface area contributed by atoms with Crippen LogP contribution in [-0.4, -0.2) is 52.5 Å². The minimum absolute atomic E-state index is 0.169. The third kappa shape index (κ3) is 4.71. The summed E-state index contributed by atoms with van der Waals surface area (Å²) in [7, 11) is 1.62. The van der Waals surface area contributed by atoms with Crippen LogP contribution in [0, 0.1) is 12.8 Å². The molecule has 1 amide bonds. The first-order valence-corrected chi connectivity index (χ1v) is 11.1. The molecule has 4 rings (SSSR count). The van der Waals surface area contributed by atoms with E-state index in [0.29, 0.717) is 23.9 Å². The fourth-order valence-corrected chi connectivity index (χ4v) is 4.68. The van der Waals surface area contributed by atoms with Crippen LogP contribution in [0.15, 0.2) is 41.8 Å². The number of carbonyl (C=O) groups is 1. The lowest BCUT2D eigenvalue weighted by Gasteiger charge is -2.32. The molecule has 1 aromatic carbocycles. The smallest absolute Gasteiger partial charge is 0.273 e. The van der Waals surface area contributed by atoms with Crippen molar-refractivity contribution in [3.63, 3.8) is 0 Å². The fraction of sp³-hybridized carbons (Fsp3) is 0.409. The molecular formula is C22H27N5O2S. The predicted octanol–water partition coefficient (Wildman–Crippen LogP) is 3.29. The Hall–Kier alpha value is -2.71. The van der Waals surface area contributed by atoms with E-state index >= 15 is 0 Å². The number of likely N-dealkylation sites (tertiary alicyclic amines) is 1. The first kappa shape index (κ1) is 20.6. The largest absolute Gasteiger partial charge is 0.497 e. The number of nitrogens with one attached hydrogen (secondary N) is 1. The second-order valence-corrected chi connectivity index (χ2v) is 8.70. The third-order valence-corrected chi connectivity index (χ3v) is 6.38.